The van der Waals surface area contributed by atoms with Gasteiger partial charge in [-0.25, -0.2) is 15.0 Å². The lowest BCUT2D eigenvalue weighted by Gasteiger charge is -2.29. The number of pyridine rings is 1. The van der Waals surface area contributed by atoms with Crippen molar-refractivity contribution in [2.75, 3.05) is 36.4 Å². The first-order chi connectivity index (χ1) is 13.5. The molecule has 3 N–H and O–H groups in total. The molecule has 0 amide bonds. The second-order valence-corrected chi connectivity index (χ2v) is 7.94. The Morgan fingerprint density at radius 3 is 2.57 bits per heavy atom. The molecule has 8 heteroatoms. The van der Waals surface area contributed by atoms with Gasteiger partial charge in [0.1, 0.15) is 5.82 Å². The van der Waals surface area contributed by atoms with Crippen LogP contribution in [0.15, 0.2) is 36.8 Å². The second-order valence-electron chi connectivity index (χ2n) is 7.94. The van der Waals surface area contributed by atoms with Gasteiger partial charge in [0.2, 0.25) is 5.95 Å². The molecule has 0 aliphatic carbocycles. The van der Waals surface area contributed by atoms with Gasteiger partial charge in [0.05, 0.1) is 23.8 Å². The van der Waals surface area contributed by atoms with Crippen LogP contribution in [0.25, 0.3) is 11.3 Å². The van der Waals surface area contributed by atoms with Crippen LogP contribution >= 0.6 is 0 Å². The monoisotopic (exact) mass is 378 g/mol. The number of aromatic amines is 1. The molecular formula is C20H26N8. The van der Waals surface area contributed by atoms with Crippen molar-refractivity contribution in [2.45, 2.75) is 26.2 Å². The van der Waals surface area contributed by atoms with Crippen molar-refractivity contribution in [2.24, 2.45) is 0 Å². The summed E-state index contributed by atoms with van der Waals surface area (Å²) in [7, 11) is 0. The molecule has 1 aliphatic rings. The van der Waals surface area contributed by atoms with E-state index in [9.17, 15) is 0 Å². The second kappa shape index (κ2) is 7.55. The van der Waals surface area contributed by atoms with Gasteiger partial charge < -0.3 is 15.5 Å². The minimum absolute atomic E-state index is 0.0499. The molecule has 1 aliphatic heterocycles. The predicted molar refractivity (Wildman–Crippen MR) is 111 cm³/mol. The lowest BCUT2D eigenvalue weighted by atomic mass is 9.89. The molecule has 3 aromatic rings. The standard InChI is InChI=1S/C20H26N8/c1-20(2,3)18-15(13-24-27-18)16-6-7-22-19(25-16)26-17-5-4-14(12-23-17)28-10-8-21-9-11-28/h4-7,12-13,21H,8-11H2,1-3H3,(H,24,27)(H,22,23,25,26). The third-order valence-corrected chi connectivity index (χ3v) is 4.79. The fourth-order valence-electron chi connectivity index (χ4n) is 3.31. The topological polar surface area (TPSA) is 94.7 Å². The van der Waals surface area contributed by atoms with Gasteiger partial charge in [0, 0.05) is 49.0 Å². The van der Waals surface area contributed by atoms with Crippen molar-refractivity contribution >= 4 is 17.5 Å². The van der Waals surface area contributed by atoms with Crippen LogP contribution in [0.5, 0.6) is 0 Å². The molecule has 8 nitrogen and oxygen atoms in total. The third-order valence-electron chi connectivity index (χ3n) is 4.79. The van der Waals surface area contributed by atoms with Gasteiger partial charge in [-0.05, 0) is 18.2 Å². The van der Waals surface area contributed by atoms with E-state index in [1.807, 2.05) is 24.5 Å². The summed E-state index contributed by atoms with van der Waals surface area (Å²) in [5.74, 6) is 1.24. The van der Waals surface area contributed by atoms with Crippen LogP contribution in [0.2, 0.25) is 0 Å². The molecule has 0 spiro atoms. The number of rotatable bonds is 4. The number of hydrogen-bond acceptors (Lipinski definition) is 7. The summed E-state index contributed by atoms with van der Waals surface area (Å²) >= 11 is 0. The number of aromatic nitrogens is 5. The van der Waals surface area contributed by atoms with Crippen molar-refractivity contribution in [1.29, 1.82) is 0 Å². The van der Waals surface area contributed by atoms with E-state index in [0.29, 0.717) is 5.95 Å². The fourth-order valence-corrected chi connectivity index (χ4v) is 3.31. The summed E-state index contributed by atoms with van der Waals surface area (Å²) in [6, 6.07) is 5.94. The zero-order chi connectivity index (χ0) is 19.6. The third kappa shape index (κ3) is 3.96. The molecule has 1 fully saturated rings. The lowest BCUT2D eigenvalue weighted by molar-refractivity contribution is 0.568. The molecule has 0 bridgehead atoms. The van der Waals surface area contributed by atoms with Crippen LogP contribution in [0.1, 0.15) is 26.5 Å². The van der Waals surface area contributed by atoms with Crippen molar-refractivity contribution in [3.63, 3.8) is 0 Å². The number of nitrogens with zero attached hydrogens (tertiary/aromatic N) is 5. The van der Waals surface area contributed by atoms with Crippen molar-refractivity contribution < 1.29 is 0 Å². The van der Waals surface area contributed by atoms with E-state index < -0.39 is 0 Å². The first kappa shape index (κ1) is 18.4. The first-order valence-corrected chi connectivity index (χ1v) is 9.57. The van der Waals surface area contributed by atoms with Crippen molar-refractivity contribution in [3.05, 3.63) is 42.5 Å². The zero-order valence-corrected chi connectivity index (χ0v) is 16.5. The highest BCUT2D eigenvalue weighted by Crippen LogP contribution is 2.30. The molecule has 1 saturated heterocycles. The highest BCUT2D eigenvalue weighted by atomic mass is 15.2. The van der Waals surface area contributed by atoms with Gasteiger partial charge in [-0.15, -0.1) is 0 Å². The van der Waals surface area contributed by atoms with Crippen LogP contribution in [0.4, 0.5) is 17.5 Å². The Morgan fingerprint density at radius 2 is 1.86 bits per heavy atom. The van der Waals surface area contributed by atoms with Crippen molar-refractivity contribution in [3.8, 4) is 11.3 Å². The first-order valence-electron chi connectivity index (χ1n) is 9.57. The summed E-state index contributed by atoms with van der Waals surface area (Å²) in [6.07, 6.45) is 5.46. The SMILES string of the molecule is CC(C)(C)c1[nH]ncc1-c1ccnc(Nc2ccc(N3CCNCC3)cn2)n1. The maximum absolute atomic E-state index is 4.66. The van der Waals surface area contributed by atoms with E-state index in [0.717, 1.165) is 54.6 Å². The van der Waals surface area contributed by atoms with Gasteiger partial charge in [-0.1, -0.05) is 20.8 Å². The quantitative estimate of drug-likeness (QED) is 0.642. The Hall–Kier alpha value is -3.00. The largest absolute Gasteiger partial charge is 0.368 e. The van der Waals surface area contributed by atoms with Crippen LogP contribution in [0, 0.1) is 0 Å². The summed E-state index contributed by atoms with van der Waals surface area (Å²) in [5, 5.41) is 13.9. The Balaban J connectivity index is 1.52. The lowest BCUT2D eigenvalue weighted by Crippen LogP contribution is -2.43. The maximum atomic E-state index is 4.66. The Kier molecular flexibility index (Phi) is 4.95. The Labute approximate surface area is 164 Å². The normalized spacial score (nSPS) is 14.9. The van der Waals surface area contributed by atoms with E-state index in [1.54, 1.807) is 6.20 Å². The highest BCUT2D eigenvalue weighted by molar-refractivity contribution is 5.64. The smallest absolute Gasteiger partial charge is 0.228 e. The summed E-state index contributed by atoms with van der Waals surface area (Å²) in [6.45, 7) is 10.5. The van der Waals surface area contributed by atoms with E-state index in [1.165, 1.54) is 0 Å². The molecule has 0 atom stereocenters. The van der Waals surface area contributed by atoms with Gasteiger partial charge in [-0.3, -0.25) is 5.10 Å². The van der Waals surface area contributed by atoms with E-state index in [4.69, 9.17) is 0 Å². The number of nitrogens with one attached hydrogen (secondary N) is 3. The van der Waals surface area contributed by atoms with Gasteiger partial charge in [0.25, 0.3) is 0 Å². The number of H-pyrrole nitrogens is 1. The van der Waals surface area contributed by atoms with Crippen LogP contribution < -0.4 is 15.5 Å². The summed E-state index contributed by atoms with van der Waals surface area (Å²) in [4.78, 5) is 15.9. The van der Waals surface area contributed by atoms with Crippen LogP contribution in [-0.2, 0) is 5.41 Å². The maximum Gasteiger partial charge on any atom is 0.228 e. The molecule has 0 unspecified atom stereocenters. The minimum Gasteiger partial charge on any atom is -0.368 e. The Morgan fingerprint density at radius 1 is 1.04 bits per heavy atom. The van der Waals surface area contributed by atoms with Gasteiger partial charge in [0.15, 0.2) is 0 Å². The van der Waals surface area contributed by atoms with Gasteiger partial charge >= 0.3 is 0 Å². The predicted octanol–water partition coefficient (Wildman–Crippen LogP) is 2.71. The Bertz CT molecular complexity index is 920. The number of anilines is 3. The number of hydrogen-bond donors (Lipinski definition) is 3. The van der Waals surface area contributed by atoms with E-state index in [2.05, 4.69) is 67.5 Å². The van der Waals surface area contributed by atoms with E-state index >= 15 is 0 Å². The fraction of sp³-hybridized carbons (Fsp3) is 0.400. The highest BCUT2D eigenvalue weighted by Gasteiger charge is 2.22. The molecule has 0 aromatic carbocycles. The van der Waals surface area contributed by atoms with Crippen LogP contribution in [0.3, 0.4) is 0 Å². The zero-order valence-electron chi connectivity index (χ0n) is 16.5. The summed E-state index contributed by atoms with van der Waals surface area (Å²) < 4.78 is 0. The summed E-state index contributed by atoms with van der Waals surface area (Å²) in [5.41, 5.74) is 3.95. The molecule has 28 heavy (non-hydrogen) atoms. The molecular weight excluding hydrogens is 352 g/mol. The average molecular weight is 378 g/mol. The molecule has 146 valence electrons. The van der Waals surface area contributed by atoms with Crippen LogP contribution in [-0.4, -0.2) is 51.3 Å². The molecule has 4 heterocycles. The van der Waals surface area contributed by atoms with Crippen molar-refractivity contribution in [1.82, 2.24) is 30.5 Å². The molecule has 0 saturated carbocycles. The van der Waals surface area contributed by atoms with E-state index in [-0.39, 0.29) is 5.41 Å². The molecule has 4 rings (SSSR count). The molecule has 0 radical (unpaired) electrons. The minimum atomic E-state index is -0.0499. The number of piperazine rings is 1. The molecule has 3 aromatic heterocycles. The average Bonchev–Trinajstić information content (AvgIpc) is 3.20. The van der Waals surface area contributed by atoms with Gasteiger partial charge in [-0.2, -0.15) is 5.10 Å².